The Bertz CT molecular complexity index is 797. The first-order valence-corrected chi connectivity index (χ1v) is 9.42. The number of anilines is 1. The maximum absolute atomic E-state index is 11.7. The van der Waals surface area contributed by atoms with E-state index < -0.39 is 26.7 Å². The molecule has 1 aromatic carbocycles. The molecule has 0 bridgehead atoms. The second-order valence-corrected chi connectivity index (χ2v) is 6.72. The molecule has 0 radical (unpaired) electrons. The van der Waals surface area contributed by atoms with Crippen molar-refractivity contribution in [2.75, 3.05) is 31.6 Å². The average molecular weight is 403 g/mol. The number of amides is 2. The SMILES string of the molecule is CCOC(=O)NCCNC(=O)CCNc1ccc(S(N)(=O)=O)cc1[N+](=O)[O-]. The summed E-state index contributed by atoms with van der Waals surface area (Å²) < 4.78 is 27.2. The maximum Gasteiger partial charge on any atom is 0.407 e. The summed E-state index contributed by atoms with van der Waals surface area (Å²) in [6.07, 6.45) is -0.572. The summed E-state index contributed by atoms with van der Waals surface area (Å²) in [6, 6.07) is 3.18. The van der Waals surface area contributed by atoms with E-state index >= 15 is 0 Å². The van der Waals surface area contributed by atoms with Crippen LogP contribution in [-0.2, 0) is 19.6 Å². The number of nitrogens with two attached hydrogens (primary N) is 1. The number of ether oxygens (including phenoxy) is 1. The van der Waals surface area contributed by atoms with Crippen LogP contribution in [0, 0.1) is 10.1 Å². The van der Waals surface area contributed by atoms with E-state index in [-0.39, 0.29) is 49.2 Å². The van der Waals surface area contributed by atoms with Gasteiger partial charge >= 0.3 is 6.09 Å². The minimum Gasteiger partial charge on any atom is -0.450 e. The highest BCUT2D eigenvalue weighted by Gasteiger charge is 2.19. The van der Waals surface area contributed by atoms with Crippen LogP contribution in [0.4, 0.5) is 16.2 Å². The average Bonchev–Trinajstić information content (AvgIpc) is 2.58. The Balaban J connectivity index is 2.48. The summed E-state index contributed by atoms with van der Waals surface area (Å²) in [5.41, 5.74) is -0.412. The number of nitro benzene ring substituents is 1. The quantitative estimate of drug-likeness (QED) is 0.237. The normalized spacial score (nSPS) is 10.7. The van der Waals surface area contributed by atoms with E-state index in [0.717, 1.165) is 12.1 Å². The molecule has 0 heterocycles. The molecule has 0 saturated carbocycles. The molecule has 0 saturated heterocycles. The van der Waals surface area contributed by atoms with E-state index in [2.05, 4.69) is 20.7 Å². The Morgan fingerprint density at radius 2 is 1.89 bits per heavy atom. The number of sulfonamides is 1. The predicted molar refractivity (Wildman–Crippen MR) is 95.6 cm³/mol. The molecule has 12 nitrogen and oxygen atoms in total. The van der Waals surface area contributed by atoms with Crippen LogP contribution < -0.4 is 21.1 Å². The highest BCUT2D eigenvalue weighted by Crippen LogP contribution is 2.27. The van der Waals surface area contributed by atoms with Crippen molar-refractivity contribution in [3.8, 4) is 0 Å². The third kappa shape index (κ3) is 7.87. The van der Waals surface area contributed by atoms with Crippen molar-refractivity contribution in [1.29, 1.82) is 0 Å². The summed E-state index contributed by atoms with van der Waals surface area (Å²) >= 11 is 0. The number of nitrogens with zero attached hydrogens (tertiary/aromatic N) is 1. The van der Waals surface area contributed by atoms with Gasteiger partial charge in [-0.3, -0.25) is 14.9 Å². The molecule has 0 fully saturated rings. The maximum atomic E-state index is 11.7. The van der Waals surface area contributed by atoms with Crippen molar-refractivity contribution in [1.82, 2.24) is 10.6 Å². The fraction of sp³-hybridized carbons (Fsp3) is 0.429. The third-order valence-corrected chi connectivity index (χ3v) is 4.06. The lowest BCUT2D eigenvalue weighted by molar-refractivity contribution is -0.384. The van der Waals surface area contributed by atoms with Crippen LogP contribution in [0.3, 0.4) is 0 Å². The molecule has 0 aliphatic rings. The molecule has 0 unspecified atom stereocenters. The van der Waals surface area contributed by atoms with Crippen molar-refractivity contribution in [2.24, 2.45) is 5.14 Å². The standard InChI is InChI=1S/C14H21N5O7S/c1-2-26-14(21)18-8-7-17-13(20)5-6-16-11-4-3-10(27(15,24)25)9-12(11)19(22)23/h3-4,9,16H,2,5-8H2,1H3,(H,17,20)(H,18,21)(H2,15,24,25). The van der Waals surface area contributed by atoms with Crippen LogP contribution in [0.15, 0.2) is 23.1 Å². The fourth-order valence-electron chi connectivity index (χ4n) is 1.94. The Hall–Kier alpha value is -2.93. The molecule has 27 heavy (non-hydrogen) atoms. The van der Waals surface area contributed by atoms with E-state index in [4.69, 9.17) is 5.14 Å². The van der Waals surface area contributed by atoms with Crippen LogP contribution in [0.1, 0.15) is 13.3 Å². The first-order valence-electron chi connectivity index (χ1n) is 7.87. The number of hydrogen-bond acceptors (Lipinski definition) is 8. The Morgan fingerprint density at radius 1 is 1.22 bits per heavy atom. The van der Waals surface area contributed by atoms with Crippen LogP contribution in [0.2, 0.25) is 0 Å². The van der Waals surface area contributed by atoms with E-state index in [9.17, 15) is 28.1 Å². The van der Waals surface area contributed by atoms with Gasteiger partial charge in [0.15, 0.2) is 0 Å². The second kappa shape index (κ2) is 10.3. The molecule has 1 aromatic rings. The number of rotatable bonds is 10. The van der Waals surface area contributed by atoms with Crippen LogP contribution in [0.25, 0.3) is 0 Å². The molecule has 2 amide bonds. The highest BCUT2D eigenvalue weighted by atomic mass is 32.2. The highest BCUT2D eigenvalue weighted by molar-refractivity contribution is 7.89. The Kier molecular flexibility index (Phi) is 8.41. The van der Waals surface area contributed by atoms with Gasteiger partial charge in [-0.05, 0) is 19.1 Å². The number of alkyl carbamates (subject to hydrolysis) is 1. The summed E-state index contributed by atoms with van der Waals surface area (Å²) in [5.74, 6) is -0.336. The smallest absolute Gasteiger partial charge is 0.407 e. The molecule has 0 aliphatic carbocycles. The first-order chi connectivity index (χ1) is 12.6. The van der Waals surface area contributed by atoms with Gasteiger partial charge in [0.05, 0.1) is 16.4 Å². The summed E-state index contributed by atoms with van der Waals surface area (Å²) in [6.45, 7) is 2.38. The van der Waals surface area contributed by atoms with Crippen LogP contribution >= 0.6 is 0 Å². The third-order valence-electron chi connectivity index (χ3n) is 3.15. The minimum atomic E-state index is -4.07. The van der Waals surface area contributed by atoms with Gasteiger partial charge in [0.1, 0.15) is 5.69 Å². The topological polar surface area (TPSA) is 183 Å². The number of carbonyl (C=O) groups excluding carboxylic acids is 2. The van der Waals surface area contributed by atoms with E-state index in [1.54, 1.807) is 6.92 Å². The zero-order valence-electron chi connectivity index (χ0n) is 14.6. The van der Waals surface area contributed by atoms with E-state index in [0.29, 0.717) is 0 Å². The van der Waals surface area contributed by atoms with Crippen molar-refractivity contribution in [3.63, 3.8) is 0 Å². The second-order valence-electron chi connectivity index (χ2n) is 5.16. The van der Waals surface area contributed by atoms with Crippen molar-refractivity contribution >= 4 is 33.4 Å². The number of hydrogen-bond donors (Lipinski definition) is 4. The number of primary sulfonamides is 1. The van der Waals surface area contributed by atoms with Crippen molar-refractivity contribution in [2.45, 2.75) is 18.2 Å². The monoisotopic (exact) mass is 403 g/mol. The molecule has 150 valence electrons. The molecular weight excluding hydrogens is 382 g/mol. The lowest BCUT2D eigenvalue weighted by Crippen LogP contribution is -2.35. The van der Waals surface area contributed by atoms with Crippen molar-refractivity contribution in [3.05, 3.63) is 28.3 Å². The van der Waals surface area contributed by atoms with E-state index in [1.807, 2.05) is 0 Å². The molecule has 0 atom stereocenters. The lowest BCUT2D eigenvalue weighted by atomic mass is 10.2. The predicted octanol–water partition coefficient (Wildman–Crippen LogP) is -0.0935. The van der Waals surface area contributed by atoms with Crippen LogP contribution in [-0.4, -0.2) is 51.6 Å². The zero-order valence-corrected chi connectivity index (χ0v) is 15.4. The number of carbonyl (C=O) groups is 2. The van der Waals surface area contributed by atoms with Crippen LogP contribution in [0.5, 0.6) is 0 Å². The van der Waals surface area contributed by atoms with Crippen molar-refractivity contribution < 1.29 is 27.7 Å². The van der Waals surface area contributed by atoms with Gasteiger partial charge in [-0.1, -0.05) is 0 Å². The molecule has 5 N–H and O–H groups in total. The summed E-state index contributed by atoms with van der Waals surface area (Å²) in [4.78, 5) is 32.7. The molecule has 0 aliphatic heterocycles. The van der Waals surface area contributed by atoms with Gasteiger partial charge in [0, 0.05) is 32.1 Å². The van der Waals surface area contributed by atoms with Gasteiger partial charge in [-0.15, -0.1) is 0 Å². The Labute approximate surface area is 155 Å². The molecular formula is C14H21N5O7S. The molecule has 13 heteroatoms. The zero-order chi connectivity index (χ0) is 20.4. The Morgan fingerprint density at radius 3 is 2.48 bits per heavy atom. The lowest BCUT2D eigenvalue weighted by Gasteiger charge is -2.09. The minimum absolute atomic E-state index is 0.00744. The number of nitrogens with one attached hydrogen (secondary N) is 3. The van der Waals surface area contributed by atoms with Gasteiger partial charge < -0.3 is 20.7 Å². The first kappa shape index (κ1) is 22.1. The fourth-order valence-corrected chi connectivity index (χ4v) is 2.47. The molecule has 0 spiro atoms. The largest absolute Gasteiger partial charge is 0.450 e. The van der Waals surface area contributed by atoms with Gasteiger partial charge in [-0.25, -0.2) is 18.4 Å². The van der Waals surface area contributed by atoms with Gasteiger partial charge in [-0.2, -0.15) is 0 Å². The van der Waals surface area contributed by atoms with E-state index in [1.165, 1.54) is 6.07 Å². The van der Waals surface area contributed by atoms with Gasteiger partial charge in [0.2, 0.25) is 15.9 Å². The molecule has 1 rings (SSSR count). The van der Waals surface area contributed by atoms with Gasteiger partial charge in [0.25, 0.3) is 5.69 Å². The summed E-state index contributed by atoms with van der Waals surface area (Å²) in [5, 5.41) is 23.7. The molecule has 0 aromatic heterocycles. The number of nitro groups is 1. The summed E-state index contributed by atoms with van der Waals surface area (Å²) in [7, 11) is -4.07. The number of benzene rings is 1.